The molecule has 3 aromatic rings. The summed E-state index contributed by atoms with van der Waals surface area (Å²) in [6, 6.07) is 13.3. The van der Waals surface area contributed by atoms with Gasteiger partial charge in [0.15, 0.2) is 0 Å². The summed E-state index contributed by atoms with van der Waals surface area (Å²) in [7, 11) is 0. The second-order valence-corrected chi connectivity index (χ2v) is 5.82. The molecular formula is C17H12BrFN2O. The summed E-state index contributed by atoms with van der Waals surface area (Å²) in [4.78, 5) is 16.7. The average molecular weight is 359 g/mol. The molecule has 0 spiro atoms. The van der Waals surface area contributed by atoms with Gasteiger partial charge in [0.05, 0.1) is 16.8 Å². The molecule has 1 heterocycles. The molecule has 0 atom stereocenters. The van der Waals surface area contributed by atoms with E-state index in [1.807, 2.05) is 25.1 Å². The quantitative estimate of drug-likeness (QED) is 0.721. The van der Waals surface area contributed by atoms with Gasteiger partial charge >= 0.3 is 0 Å². The van der Waals surface area contributed by atoms with Crippen molar-refractivity contribution in [2.24, 2.45) is 0 Å². The predicted molar refractivity (Wildman–Crippen MR) is 88.5 cm³/mol. The number of hydrogen-bond acceptors (Lipinski definition) is 2. The Balaban J connectivity index is 2.05. The van der Waals surface area contributed by atoms with Crippen LogP contribution in [0.1, 0.15) is 16.1 Å². The predicted octanol–water partition coefficient (Wildman–Crippen LogP) is 4.70. The van der Waals surface area contributed by atoms with E-state index in [0.717, 1.165) is 21.1 Å². The van der Waals surface area contributed by atoms with Gasteiger partial charge in [0.25, 0.3) is 5.91 Å². The Kier molecular flexibility index (Phi) is 3.90. The van der Waals surface area contributed by atoms with Crippen molar-refractivity contribution in [3.05, 3.63) is 70.1 Å². The number of carbonyl (C=O) groups is 1. The topological polar surface area (TPSA) is 42.0 Å². The molecule has 0 aliphatic carbocycles. The summed E-state index contributed by atoms with van der Waals surface area (Å²) in [5, 5.41) is 3.57. The molecule has 0 fully saturated rings. The van der Waals surface area contributed by atoms with E-state index < -0.39 is 11.7 Å². The lowest BCUT2D eigenvalue weighted by atomic mass is 10.1. The van der Waals surface area contributed by atoms with Gasteiger partial charge < -0.3 is 5.32 Å². The minimum atomic E-state index is -0.545. The molecule has 0 saturated carbocycles. The highest BCUT2D eigenvalue weighted by Crippen LogP contribution is 2.27. The summed E-state index contributed by atoms with van der Waals surface area (Å²) >= 11 is 3.41. The van der Waals surface area contributed by atoms with E-state index in [0.29, 0.717) is 5.69 Å². The number of fused-ring (bicyclic) bond motifs is 1. The van der Waals surface area contributed by atoms with Crippen LogP contribution in [0, 0.1) is 12.7 Å². The van der Waals surface area contributed by atoms with Crippen molar-refractivity contribution in [3.8, 4) is 0 Å². The maximum absolute atomic E-state index is 13.7. The summed E-state index contributed by atoms with van der Waals surface area (Å²) in [6.07, 6.45) is 0. The minimum Gasteiger partial charge on any atom is -0.321 e. The van der Waals surface area contributed by atoms with E-state index in [2.05, 4.69) is 26.2 Å². The van der Waals surface area contributed by atoms with Gasteiger partial charge in [0.1, 0.15) is 5.82 Å². The molecule has 22 heavy (non-hydrogen) atoms. The van der Waals surface area contributed by atoms with E-state index in [4.69, 9.17) is 0 Å². The molecule has 1 N–H and O–H groups in total. The molecular weight excluding hydrogens is 347 g/mol. The number of benzene rings is 2. The molecule has 0 radical (unpaired) electrons. The maximum Gasteiger partial charge on any atom is 0.258 e. The molecule has 2 aromatic carbocycles. The van der Waals surface area contributed by atoms with Crippen LogP contribution in [-0.2, 0) is 0 Å². The van der Waals surface area contributed by atoms with Gasteiger partial charge in [0, 0.05) is 15.6 Å². The van der Waals surface area contributed by atoms with Crippen molar-refractivity contribution < 1.29 is 9.18 Å². The lowest BCUT2D eigenvalue weighted by Gasteiger charge is -2.10. The third-order valence-corrected chi connectivity index (χ3v) is 3.76. The number of carbonyl (C=O) groups excluding carboxylic acids is 1. The Hall–Kier alpha value is -2.27. The monoisotopic (exact) mass is 358 g/mol. The van der Waals surface area contributed by atoms with Crippen LogP contribution in [0.15, 0.2) is 53.0 Å². The van der Waals surface area contributed by atoms with Crippen molar-refractivity contribution >= 4 is 38.4 Å². The molecule has 5 heteroatoms. The summed E-state index contributed by atoms with van der Waals surface area (Å²) in [5.74, 6) is -1.03. The average Bonchev–Trinajstić information content (AvgIpc) is 2.48. The van der Waals surface area contributed by atoms with Crippen LogP contribution in [0.5, 0.6) is 0 Å². The highest BCUT2D eigenvalue weighted by atomic mass is 79.9. The minimum absolute atomic E-state index is 0.0140. The molecule has 3 nitrogen and oxygen atoms in total. The molecule has 0 saturated heterocycles. The lowest BCUT2D eigenvalue weighted by Crippen LogP contribution is -2.14. The summed E-state index contributed by atoms with van der Waals surface area (Å²) in [6.45, 7) is 1.85. The second kappa shape index (κ2) is 5.85. The normalized spacial score (nSPS) is 10.7. The van der Waals surface area contributed by atoms with Crippen LogP contribution in [0.2, 0.25) is 0 Å². The van der Waals surface area contributed by atoms with E-state index >= 15 is 0 Å². The maximum atomic E-state index is 13.7. The lowest BCUT2D eigenvalue weighted by molar-refractivity contribution is 0.102. The van der Waals surface area contributed by atoms with Crippen molar-refractivity contribution in [2.75, 3.05) is 5.32 Å². The summed E-state index contributed by atoms with van der Waals surface area (Å²) < 4.78 is 14.6. The zero-order valence-corrected chi connectivity index (χ0v) is 13.3. The van der Waals surface area contributed by atoms with Crippen molar-refractivity contribution in [1.82, 2.24) is 4.98 Å². The van der Waals surface area contributed by atoms with Crippen LogP contribution in [-0.4, -0.2) is 10.9 Å². The fourth-order valence-corrected chi connectivity index (χ4v) is 2.63. The molecule has 0 bridgehead atoms. The number of anilines is 1. The number of aryl methyl sites for hydroxylation is 1. The zero-order valence-electron chi connectivity index (χ0n) is 11.7. The fraction of sp³-hybridized carbons (Fsp3) is 0.0588. The van der Waals surface area contributed by atoms with E-state index in [1.54, 1.807) is 18.2 Å². The first-order valence-electron chi connectivity index (χ1n) is 6.67. The number of nitrogens with one attached hydrogen (secondary N) is 1. The van der Waals surface area contributed by atoms with Crippen molar-refractivity contribution in [3.63, 3.8) is 0 Å². The van der Waals surface area contributed by atoms with Gasteiger partial charge in [-0.15, -0.1) is 0 Å². The number of rotatable bonds is 2. The van der Waals surface area contributed by atoms with Gasteiger partial charge in [-0.1, -0.05) is 28.1 Å². The van der Waals surface area contributed by atoms with Gasteiger partial charge in [-0.25, -0.2) is 4.39 Å². The number of aromatic nitrogens is 1. The number of hydrogen-bond donors (Lipinski definition) is 1. The highest BCUT2D eigenvalue weighted by Gasteiger charge is 2.13. The van der Waals surface area contributed by atoms with Gasteiger partial charge in [-0.2, -0.15) is 0 Å². The van der Waals surface area contributed by atoms with Gasteiger partial charge in [-0.3, -0.25) is 9.78 Å². The Morgan fingerprint density at radius 1 is 1.18 bits per heavy atom. The Morgan fingerprint density at radius 3 is 2.73 bits per heavy atom. The number of amides is 1. The Bertz CT molecular complexity index is 880. The van der Waals surface area contributed by atoms with E-state index in [9.17, 15) is 9.18 Å². The Morgan fingerprint density at radius 2 is 1.95 bits per heavy atom. The molecule has 110 valence electrons. The van der Waals surface area contributed by atoms with Crippen LogP contribution >= 0.6 is 15.9 Å². The number of halogens is 2. The molecule has 0 aliphatic rings. The Labute approximate surface area is 135 Å². The SMILES string of the molecule is Cc1cc(NC(=O)c2ccccc2F)c2cc(Br)ccc2n1. The first kappa shape index (κ1) is 14.7. The largest absolute Gasteiger partial charge is 0.321 e. The van der Waals surface area contributed by atoms with E-state index in [-0.39, 0.29) is 5.56 Å². The molecule has 1 amide bonds. The fourth-order valence-electron chi connectivity index (χ4n) is 2.27. The van der Waals surface area contributed by atoms with Crippen molar-refractivity contribution in [2.45, 2.75) is 6.92 Å². The second-order valence-electron chi connectivity index (χ2n) is 4.91. The first-order chi connectivity index (χ1) is 10.5. The third kappa shape index (κ3) is 2.85. The molecule has 0 aliphatic heterocycles. The zero-order chi connectivity index (χ0) is 15.7. The van der Waals surface area contributed by atoms with Crippen LogP contribution in [0.25, 0.3) is 10.9 Å². The van der Waals surface area contributed by atoms with Crippen LogP contribution in [0.4, 0.5) is 10.1 Å². The number of nitrogens with zero attached hydrogens (tertiary/aromatic N) is 1. The van der Waals surface area contributed by atoms with Crippen LogP contribution < -0.4 is 5.32 Å². The molecule has 1 aromatic heterocycles. The van der Waals surface area contributed by atoms with Gasteiger partial charge in [-0.05, 0) is 43.3 Å². The van der Waals surface area contributed by atoms with Crippen molar-refractivity contribution in [1.29, 1.82) is 0 Å². The third-order valence-electron chi connectivity index (χ3n) is 3.27. The molecule has 3 rings (SSSR count). The standard InChI is InChI=1S/C17H12BrFN2O/c1-10-8-16(13-9-11(18)6-7-15(13)20-10)21-17(22)12-4-2-3-5-14(12)19/h2-9H,1H3,(H,20,21,22). The summed E-state index contributed by atoms with van der Waals surface area (Å²) in [5.41, 5.74) is 2.17. The number of pyridine rings is 1. The van der Waals surface area contributed by atoms with E-state index in [1.165, 1.54) is 12.1 Å². The molecule has 0 unspecified atom stereocenters. The first-order valence-corrected chi connectivity index (χ1v) is 7.47. The smallest absolute Gasteiger partial charge is 0.258 e. The van der Waals surface area contributed by atoms with Gasteiger partial charge in [0.2, 0.25) is 0 Å². The van der Waals surface area contributed by atoms with Crippen LogP contribution in [0.3, 0.4) is 0 Å². The highest BCUT2D eigenvalue weighted by molar-refractivity contribution is 9.10.